The zero-order valence-corrected chi connectivity index (χ0v) is 16.1. The summed E-state index contributed by atoms with van der Waals surface area (Å²) in [4.78, 5) is 24.8. The van der Waals surface area contributed by atoms with Gasteiger partial charge in [-0.1, -0.05) is 28.1 Å². The van der Waals surface area contributed by atoms with Crippen molar-refractivity contribution in [2.45, 2.75) is 13.5 Å². The van der Waals surface area contributed by atoms with Gasteiger partial charge in [-0.15, -0.1) is 0 Å². The number of hydrogen-bond donors (Lipinski definition) is 0. The van der Waals surface area contributed by atoms with Crippen molar-refractivity contribution in [3.8, 4) is 11.3 Å². The second-order valence-corrected chi connectivity index (χ2v) is 6.65. The van der Waals surface area contributed by atoms with Crippen LogP contribution < -0.4 is 0 Å². The molecule has 1 heterocycles. The van der Waals surface area contributed by atoms with Crippen LogP contribution >= 0.6 is 15.9 Å². The van der Waals surface area contributed by atoms with E-state index in [0.29, 0.717) is 16.8 Å². The third-order valence-corrected chi connectivity index (χ3v) is 4.39. The lowest BCUT2D eigenvalue weighted by atomic mass is 10.1. The van der Waals surface area contributed by atoms with Gasteiger partial charge >= 0.3 is 5.97 Å². The van der Waals surface area contributed by atoms with Gasteiger partial charge in [0.2, 0.25) is 0 Å². The maximum atomic E-state index is 13.2. The highest BCUT2D eigenvalue weighted by atomic mass is 79.9. The molecule has 138 valence electrons. The molecule has 0 unspecified atom stereocenters. The largest absolute Gasteiger partial charge is 0.461 e. The molecule has 0 radical (unpaired) electrons. The monoisotopic (exact) mass is 430 g/mol. The highest BCUT2D eigenvalue weighted by Gasteiger charge is 2.20. The molecule has 27 heavy (non-hydrogen) atoms. The molecule has 1 aromatic heterocycles. The molecule has 0 aliphatic carbocycles. The summed E-state index contributed by atoms with van der Waals surface area (Å²) in [6.07, 6.45) is 0. The minimum Gasteiger partial charge on any atom is -0.461 e. The lowest BCUT2D eigenvalue weighted by Crippen LogP contribution is -2.18. The van der Waals surface area contributed by atoms with Crippen molar-refractivity contribution in [2.24, 2.45) is 0 Å². The number of benzene rings is 2. The van der Waals surface area contributed by atoms with Gasteiger partial charge in [0.05, 0.1) is 12.3 Å². The van der Waals surface area contributed by atoms with E-state index in [2.05, 4.69) is 21.0 Å². The fourth-order valence-electron chi connectivity index (χ4n) is 2.53. The third kappa shape index (κ3) is 4.49. The van der Waals surface area contributed by atoms with E-state index >= 15 is 0 Å². The van der Waals surface area contributed by atoms with Gasteiger partial charge in [-0.3, -0.25) is 4.79 Å². The van der Waals surface area contributed by atoms with Crippen LogP contribution in [0.3, 0.4) is 0 Å². The Morgan fingerprint density at radius 2 is 1.78 bits per heavy atom. The molecule has 5 nitrogen and oxygen atoms in total. The van der Waals surface area contributed by atoms with Gasteiger partial charge in [-0.25, -0.2) is 13.9 Å². The molecular weight excluding hydrogens is 415 g/mol. The van der Waals surface area contributed by atoms with E-state index in [4.69, 9.17) is 4.74 Å². The molecule has 0 aliphatic heterocycles. The number of carbonyl (C=O) groups excluding carboxylic acids is 2. The topological polar surface area (TPSA) is 61.2 Å². The van der Waals surface area contributed by atoms with Crippen LogP contribution in [0.15, 0.2) is 59.1 Å². The first kappa shape index (κ1) is 19.0. The highest BCUT2D eigenvalue weighted by molar-refractivity contribution is 9.10. The Kier molecular flexibility index (Phi) is 5.81. The van der Waals surface area contributed by atoms with Crippen LogP contribution in [0.25, 0.3) is 11.3 Å². The number of carbonyl (C=O) groups is 2. The van der Waals surface area contributed by atoms with E-state index in [1.54, 1.807) is 49.4 Å². The summed E-state index contributed by atoms with van der Waals surface area (Å²) in [7, 11) is 0. The predicted octanol–water partition coefficient (Wildman–Crippen LogP) is 4.51. The Hall–Kier alpha value is -2.80. The van der Waals surface area contributed by atoms with E-state index in [1.807, 2.05) is 0 Å². The summed E-state index contributed by atoms with van der Waals surface area (Å²) in [6.45, 7) is 1.79. The molecule has 3 rings (SSSR count). The Bertz CT molecular complexity index is 966. The molecule has 0 N–H and O–H groups in total. The molecule has 2 aromatic carbocycles. The van der Waals surface area contributed by atoms with Crippen LogP contribution in [0.4, 0.5) is 4.39 Å². The molecule has 7 heteroatoms. The van der Waals surface area contributed by atoms with E-state index < -0.39 is 5.97 Å². The number of ketones is 1. The van der Waals surface area contributed by atoms with Crippen molar-refractivity contribution in [3.63, 3.8) is 0 Å². The Morgan fingerprint density at radius 3 is 2.41 bits per heavy atom. The number of esters is 1. The van der Waals surface area contributed by atoms with Crippen LogP contribution in [0.1, 0.15) is 27.8 Å². The van der Waals surface area contributed by atoms with Crippen molar-refractivity contribution < 1.29 is 18.7 Å². The molecule has 0 amide bonds. The van der Waals surface area contributed by atoms with E-state index in [1.165, 1.54) is 16.8 Å². The zero-order valence-electron chi connectivity index (χ0n) is 14.5. The van der Waals surface area contributed by atoms with Crippen LogP contribution in [0.2, 0.25) is 0 Å². The summed E-state index contributed by atoms with van der Waals surface area (Å²) in [5.74, 6) is -1.13. The lowest BCUT2D eigenvalue weighted by Gasteiger charge is -2.06. The highest BCUT2D eigenvalue weighted by Crippen LogP contribution is 2.21. The number of ether oxygens (including phenoxy) is 1. The van der Waals surface area contributed by atoms with Gasteiger partial charge in [-0.2, -0.15) is 5.10 Å². The van der Waals surface area contributed by atoms with Crippen LogP contribution in [0, 0.1) is 5.82 Å². The van der Waals surface area contributed by atoms with Gasteiger partial charge in [0.25, 0.3) is 0 Å². The summed E-state index contributed by atoms with van der Waals surface area (Å²) < 4.78 is 20.4. The summed E-state index contributed by atoms with van der Waals surface area (Å²) in [5.41, 5.74) is 1.77. The van der Waals surface area contributed by atoms with Gasteiger partial charge < -0.3 is 4.74 Å². The minimum atomic E-state index is -0.568. The standard InChI is InChI=1S/C20H16BrFN2O3/c1-2-27-20(26)18-11-17(13-5-9-16(22)10-6-13)23-24(18)12-19(25)14-3-7-15(21)8-4-14/h3-11H,2,12H2,1H3. The van der Waals surface area contributed by atoms with Crippen LogP contribution in [-0.2, 0) is 11.3 Å². The Labute approximate surface area is 163 Å². The van der Waals surface area contributed by atoms with Crippen molar-refractivity contribution >= 4 is 27.7 Å². The smallest absolute Gasteiger partial charge is 0.356 e. The fraction of sp³-hybridized carbons (Fsp3) is 0.150. The molecule has 0 saturated heterocycles. The Morgan fingerprint density at radius 1 is 1.11 bits per heavy atom. The van der Waals surface area contributed by atoms with Gasteiger partial charge in [0, 0.05) is 15.6 Å². The molecule has 3 aromatic rings. The molecule has 0 bridgehead atoms. The van der Waals surface area contributed by atoms with E-state index in [9.17, 15) is 14.0 Å². The quantitative estimate of drug-likeness (QED) is 0.426. The SMILES string of the molecule is CCOC(=O)c1cc(-c2ccc(F)cc2)nn1CC(=O)c1ccc(Br)cc1. The molecule has 0 aliphatic rings. The first-order chi connectivity index (χ1) is 13.0. The second-order valence-electron chi connectivity index (χ2n) is 5.73. The second kappa shape index (κ2) is 8.26. The fourth-order valence-corrected chi connectivity index (χ4v) is 2.80. The first-order valence-corrected chi connectivity index (χ1v) is 9.07. The zero-order chi connectivity index (χ0) is 19.4. The molecule has 0 saturated carbocycles. The average molecular weight is 431 g/mol. The normalized spacial score (nSPS) is 10.6. The number of aromatic nitrogens is 2. The minimum absolute atomic E-state index is 0.114. The summed E-state index contributed by atoms with van der Waals surface area (Å²) in [5, 5.41) is 4.36. The van der Waals surface area contributed by atoms with Gasteiger partial charge in [0.1, 0.15) is 18.1 Å². The third-order valence-electron chi connectivity index (χ3n) is 3.86. The summed E-state index contributed by atoms with van der Waals surface area (Å²) in [6, 6.07) is 14.2. The molecular formula is C20H16BrFN2O3. The average Bonchev–Trinajstić information content (AvgIpc) is 3.07. The van der Waals surface area contributed by atoms with Crippen molar-refractivity contribution in [1.29, 1.82) is 0 Å². The Balaban J connectivity index is 1.94. The van der Waals surface area contributed by atoms with Gasteiger partial charge in [0.15, 0.2) is 5.78 Å². The van der Waals surface area contributed by atoms with Crippen molar-refractivity contribution in [1.82, 2.24) is 9.78 Å². The molecule has 0 fully saturated rings. The molecule has 0 spiro atoms. The predicted molar refractivity (Wildman–Crippen MR) is 102 cm³/mol. The number of nitrogens with zero attached hydrogens (tertiary/aromatic N) is 2. The number of hydrogen-bond acceptors (Lipinski definition) is 4. The maximum Gasteiger partial charge on any atom is 0.356 e. The summed E-state index contributed by atoms with van der Waals surface area (Å²) >= 11 is 3.33. The number of rotatable bonds is 6. The van der Waals surface area contributed by atoms with Gasteiger partial charge in [-0.05, 0) is 49.4 Å². The maximum absolute atomic E-state index is 13.2. The van der Waals surface area contributed by atoms with Crippen LogP contribution in [0.5, 0.6) is 0 Å². The number of halogens is 2. The van der Waals surface area contributed by atoms with E-state index in [-0.39, 0.29) is 30.4 Å². The first-order valence-electron chi connectivity index (χ1n) is 8.27. The van der Waals surface area contributed by atoms with E-state index in [0.717, 1.165) is 4.47 Å². The van der Waals surface area contributed by atoms with Crippen LogP contribution in [-0.4, -0.2) is 28.1 Å². The number of Topliss-reactive ketones (excluding diaryl/α,β-unsaturated/α-hetero) is 1. The molecule has 0 atom stereocenters. The van der Waals surface area contributed by atoms with Crippen molar-refractivity contribution in [2.75, 3.05) is 6.61 Å². The lowest BCUT2D eigenvalue weighted by molar-refractivity contribution is 0.0512. The van der Waals surface area contributed by atoms with Crippen molar-refractivity contribution in [3.05, 3.63) is 76.1 Å².